The third kappa shape index (κ3) is 3.20. The fraction of sp³-hybridized carbons (Fsp3) is 1.00. The molecule has 0 aliphatic heterocycles. The summed E-state index contributed by atoms with van der Waals surface area (Å²) in [6, 6.07) is 0. The van der Waals surface area contributed by atoms with Gasteiger partial charge in [-0.05, 0) is 25.2 Å². The highest BCUT2D eigenvalue weighted by Gasteiger charge is 2.30. The van der Waals surface area contributed by atoms with E-state index < -0.39 is 10.0 Å². The zero-order valence-corrected chi connectivity index (χ0v) is 11.6. The quantitative estimate of drug-likeness (QED) is 0.716. The van der Waals surface area contributed by atoms with Gasteiger partial charge in [-0.1, -0.05) is 33.1 Å². The van der Waals surface area contributed by atoms with Crippen LogP contribution in [0.4, 0.5) is 0 Å². The number of nitrogens with zero attached hydrogens (tertiary/aromatic N) is 1. The van der Waals surface area contributed by atoms with Gasteiger partial charge >= 0.3 is 0 Å². The smallest absolute Gasteiger partial charge is 0.212 e. The molecule has 0 aromatic carbocycles. The minimum atomic E-state index is -3.03. The van der Waals surface area contributed by atoms with Crippen molar-refractivity contribution >= 4 is 10.0 Å². The van der Waals surface area contributed by atoms with E-state index in [1.807, 2.05) is 6.92 Å². The van der Waals surface area contributed by atoms with E-state index in [2.05, 4.69) is 6.92 Å². The molecule has 1 fully saturated rings. The van der Waals surface area contributed by atoms with Gasteiger partial charge in [0, 0.05) is 13.6 Å². The molecule has 96 valence electrons. The SMILES string of the molecule is CCC1CCCC(S(=O)(=O)N(C)CC)CC1. The predicted octanol–water partition coefficient (Wildman–Crippen LogP) is 2.63. The van der Waals surface area contributed by atoms with E-state index in [-0.39, 0.29) is 5.25 Å². The van der Waals surface area contributed by atoms with Crippen LogP contribution in [0.3, 0.4) is 0 Å². The van der Waals surface area contributed by atoms with E-state index in [9.17, 15) is 8.42 Å². The van der Waals surface area contributed by atoms with E-state index in [4.69, 9.17) is 0 Å². The molecule has 0 amide bonds. The van der Waals surface area contributed by atoms with Crippen molar-refractivity contribution in [3.05, 3.63) is 0 Å². The summed E-state index contributed by atoms with van der Waals surface area (Å²) in [5.41, 5.74) is 0. The molecule has 0 radical (unpaired) electrons. The molecular weight excluding hydrogens is 222 g/mol. The Balaban J connectivity index is 2.67. The maximum Gasteiger partial charge on any atom is 0.216 e. The van der Waals surface area contributed by atoms with Crippen LogP contribution in [0.15, 0.2) is 0 Å². The molecular formula is C12H25NO2S. The highest BCUT2D eigenvalue weighted by Crippen LogP contribution is 2.29. The molecule has 4 heteroatoms. The van der Waals surface area contributed by atoms with E-state index in [1.165, 1.54) is 17.1 Å². The first-order valence-electron chi connectivity index (χ1n) is 6.47. The maximum absolute atomic E-state index is 12.2. The zero-order chi connectivity index (χ0) is 12.2. The number of hydrogen-bond acceptors (Lipinski definition) is 2. The minimum absolute atomic E-state index is 0.131. The van der Waals surface area contributed by atoms with Crippen molar-refractivity contribution < 1.29 is 8.42 Å². The van der Waals surface area contributed by atoms with Crippen molar-refractivity contribution in [2.75, 3.05) is 13.6 Å². The van der Waals surface area contributed by atoms with Gasteiger partial charge in [0.2, 0.25) is 10.0 Å². The van der Waals surface area contributed by atoms with Crippen LogP contribution in [0.2, 0.25) is 0 Å². The third-order valence-electron chi connectivity index (χ3n) is 3.91. The van der Waals surface area contributed by atoms with Crippen molar-refractivity contribution in [1.82, 2.24) is 4.31 Å². The first kappa shape index (κ1) is 14.0. The van der Waals surface area contributed by atoms with Crippen molar-refractivity contribution in [1.29, 1.82) is 0 Å². The molecule has 0 spiro atoms. The molecule has 2 unspecified atom stereocenters. The second-order valence-electron chi connectivity index (χ2n) is 4.86. The summed E-state index contributed by atoms with van der Waals surface area (Å²) >= 11 is 0. The molecule has 0 saturated heterocycles. The van der Waals surface area contributed by atoms with E-state index in [1.54, 1.807) is 7.05 Å². The lowest BCUT2D eigenvalue weighted by atomic mass is 9.98. The summed E-state index contributed by atoms with van der Waals surface area (Å²) in [6.07, 6.45) is 6.25. The van der Waals surface area contributed by atoms with Gasteiger partial charge in [-0.25, -0.2) is 12.7 Å². The van der Waals surface area contributed by atoms with Crippen LogP contribution < -0.4 is 0 Å². The van der Waals surface area contributed by atoms with Gasteiger partial charge in [-0.3, -0.25) is 0 Å². The Morgan fingerprint density at radius 2 is 1.81 bits per heavy atom. The standard InChI is InChI=1S/C12H25NO2S/c1-4-11-7-6-8-12(10-9-11)16(14,15)13(3)5-2/h11-12H,4-10H2,1-3H3. The second kappa shape index (κ2) is 6.01. The summed E-state index contributed by atoms with van der Waals surface area (Å²) in [5.74, 6) is 0.743. The Morgan fingerprint density at radius 3 is 2.38 bits per heavy atom. The Morgan fingerprint density at radius 1 is 1.12 bits per heavy atom. The van der Waals surface area contributed by atoms with Gasteiger partial charge in [0.05, 0.1) is 5.25 Å². The normalized spacial score (nSPS) is 28.0. The summed E-state index contributed by atoms with van der Waals surface area (Å²) in [7, 11) is -1.34. The number of hydrogen-bond donors (Lipinski definition) is 0. The van der Waals surface area contributed by atoms with Crippen molar-refractivity contribution in [2.45, 2.75) is 57.6 Å². The Labute approximate surface area is 100 Å². The minimum Gasteiger partial charge on any atom is -0.212 e. The summed E-state index contributed by atoms with van der Waals surface area (Å²) in [4.78, 5) is 0. The molecule has 0 aromatic heterocycles. The van der Waals surface area contributed by atoms with Crippen LogP contribution >= 0.6 is 0 Å². The summed E-state index contributed by atoms with van der Waals surface area (Å²) in [5, 5.41) is -0.131. The highest BCUT2D eigenvalue weighted by atomic mass is 32.2. The van der Waals surface area contributed by atoms with Crippen LogP contribution in [-0.4, -0.2) is 31.6 Å². The fourth-order valence-electron chi connectivity index (χ4n) is 2.49. The van der Waals surface area contributed by atoms with Crippen molar-refractivity contribution in [3.8, 4) is 0 Å². The molecule has 2 atom stereocenters. The Hall–Kier alpha value is -0.0900. The summed E-state index contributed by atoms with van der Waals surface area (Å²) < 4.78 is 25.9. The lowest BCUT2D eigenvalue weighted by Gasteiger charge is -2.22. The maximum atomic E-state index is 12.2. The predicted molar refractivity (Wildman–Crippen MR) is 67.9 cm³/mol. The third-order valence-corrected chi connectivity index (χ3v) is 6.35. The lowest BCUT2D eigenvalue weighted by molar-refractivity contribution is 0.441. The van der Waals surface area contributed by atoms with Gasteiger partial charge in [0.25, 0.3) is 0 Å². The van der Waals surface area contributed by atoms with Crippen molar-refractivity contribution in [2.24, 2.45) is 5.92 Å². The van der Waals surface area contributed by atoms with E-state index >= 15 is 0 Å². The molecule has 1 aliphatic carbocycles. The fourth-order valence-corrected chi connectivity index (χ4v) is 4.25. The van der Waals surface area contributed by atoms with Crippen LogP contribution in [0.1, 0.15) is 52.4 Å². The van der Waals surface area contributed by atoms with Gasteiger partial charge < -0.3 is 0 Å². The molecule has 1 rings (SSSR count). The summed E-state index contributed by atoms with van der Waals surface area (Å²) in [6.45, 7) is 4.68. The Bertz CT molecular complexity index is 300. The monoisotopic (exact) mass is 247 g/mol. The lowest BCUT2D eigenvalue weighted by Crippen LogP contribution is -2.35. The molecule has 0 aromatic rings. The van der Waals surface area contributed by atoms with Crippen LogP contribution in [0.25, 0.3) is 0 Å². The molecule has 3 nitrogen and oxygen atoms in total. The van der Waals surface area contributed by atoms with Crippen LogP contribution in [0, 0.1) is 5.92 Å². The van der Waals surface area contributed by atoms with Crippen LogP contribution in [0.5, 0.6) is 0 Å². The van der Waals surface area contributed by atoms with Gasteiger partial charge in [0.1, 0.15) is 0 Å². The number of rotatable bonds is 4. The molecule has 0 N–H and O–H groups in total. The molecule has 1 saturated carbocycles. The number of sulfonamides is 1. The zero-order valence-electron chi connectivity index (χ0n) is 10.8. The van der Waals surface area contributed by atoms with E-state index in [0.717, 1.165) is 31.6 Å². The topological polar surface area (TPSA) is 37.4 Å². The Kier molecular flexibility index (Phi) is 5.25. The molecule has 1 aliphatic rings. The van der Waals surface area contributed by atoms with Gasteiger partial charge in [-0.15, -0.1) is 0 Å². The van der Waals surface area contributed by atoms with Gasteiger partial charge in [0.15, 0.2) is 0 Å². The first-order valence-corrected chi connectivity index (χ1v) is 7.97. The molecule has 0 heterocycles. The highest BCUT2D eigenvalue weighted by molar-refractivity contribution is 7.89. The molecule has 16 heavy (non-hydrogen) atoms. The second-order valence-corrected chi connectivity index (χ2v) is 7.18. The van der Waals surface area contributed by atoms with Crippen molar-refractivity contribution in [3.63, 3.8) is 0 Å². The first-order chi connectivity index (χ1) is 7.52. The molecule has 0 bridgehead atoms. The largest absolute Gasteiger partial charge is 0.216 e. The van der Waals surface area contributed by atoms with Crippen LogP contribution in [-0.2, 0) is 10.0 Å². The average molecular weight is 247 g/mol. The average Bonchev–Trinajstić information content (AvgIpc) is 2.53. The van der Waals surface area contributed by atoms with Gasteiger partial charge in [-0.2, -0.15) is 0 Å². The van der Waals surface area contributed by atoms with E-state index in [0.29, 0.717) is 6.54 Å².